The van der Waals surface area contributed by atoms with E-state index in [1.165, 1.54) is 18.2 Å². The molecule has 76 valence electrons. The molecule has 0 aromatic heterocycles. The van der Waals surface area contributed by atoms with Crippen molar-refractivity contribution in [1.82, 2.24) is 0 Å². The average molecular weight is 296 g/mol. The maximum absolute atomic E-state index is 11.7. The summed E-state index contributed by atoms with van der Waals surface area (Å²) >= 11 is 8.65. The number of allylic oxidation sites excluding steroid dienone is 1. The molecular weight excluding hydrogens is 288 g/mol. The van der Waals surface area contributed by atoms with E-state index in [-0.39, 0.29) is 8.71 Å². The van der Waals surface area contributed by atoms with E-state index in [1.54, 1.807) is 19.1 Å². The largest absolute Gasteiger partial charge is 0.218 e. The molecule has 0 bridgehead atoms. The van der Waals surface area contributed by atoms with Gasteiger partial charge in [-0.1, -0.05) is 17.7 Å². The minimum atomic E-state index is -3.39. The van der Waals surface area contributed by atoms with Crippen molar-refractivity contribution >= 4 is 37.4 Å². The molecule has 1 rings (SSSR count). The Hall–Kier alpha value is -0.320. The lowest BCUT2D eigenvalue weighted by atomic mass is 10.4. The van der Waals surface area contributed by atoms with Gasteiger partial charge in [0, 0.05) is 5.02 Å². The van der Waals surface area contributed by atoms with Gasteiger partial charge in [-0.3, -0.25) is 0 Å². The fourth-order valence-corrected chi connectivity index (χ4v) is 2.60. The quantitative estimate of drug-likeness (QED) is 0.838. The smallest absolute Gasteiger partial charge is 0.212 e. The van der Waals surface area contributed by atoms with E-state index in [2.05, 4.69) is 15.9 Å². The molecule has 0 aliphatic rings. The molecule has 0 saturated carbocycles. The number of rotatable bonds is 2. The van der Waals surface area contributed by atoms with Crippen molar-refractivity contribution in [2.75, 3.05) is 0 Å². The zero-order valence-corrected chi connectivity index (χ0v) is 10.5. The fraction of sp³-hybridized carbons (Fsp3) is 0.111. The molecule has 0 unspecified atom stereocenters. The van der Waals surface area contributed by atoms with Gasteiger partial charge in [-0.05, 0) is 47.1 Å². The predicted octanol–water partition coefficient (Wildman–Crippen LogP) is 3.37. The molecule has 0 fully saturated rings. The topological polar surface area (TPSA) is 34.1 Å². The minimum absolute atomic E-state index is 0.160. The molecule has 14 heavy (non-hydrogen) atoms. The van der Waals surface area contributed by atoms with Gasteiger partial charge in [0.05, 0.1) is 4.90 Å². The number of sulfone groups is 1. The van der Waals surface area contributed by atoms with Crippen LogP contribution < -0.4 is 0 Å². The fourth-order valence-electron chi connectivity index (χ4n) is 0.881. The summed E-state index contributed by atoms with van der Waals surface area (Å²) in [6.45, 7) is 1.65. The summed E-state index contributed by atoms with van der Waals surface area (Å²) < 4.78 is 23.6. The third kappa shape index (κ3) is 2.38. The van der Waals surface area contributed by atoms with Crippen molar-refractivity contribution in [1.29, 1.82) is 0 Å². The Morgan fingerprint density at radius 2 is 1.86 bits per heavy atom. The lowest BCUT2D eigenvalue weighted by molar-refractivity contribution is 0.604. The first-order valence-corrected chi connectivity index (χ1v) is 6.46. The third-order valence-electron chi connectivity index (χ3n) is 1.61. The van der Waals surface area contributed by atoms with Gasteiger partial charge in [-0.15, -0.1) is 0 Å². The molecule has 0 radical (unpaired) electrons. The van der Waals surface area contributed by atoms with Crippen LogP contribution in [0.1, 0.15) is 6.92 Å². The molecule has 5 heteroatoms. The zero-order valence-electron chi connectivity index (χ0n) is 7.37. The average Bonchev–Trinajstić information content (AvgIpc) is 2.17. The van der Waals surface area contributed by atoms with Crippen LogP contribution in [0.2, 0.25) is 5.02 Å². The number of benzene rings is 1. The van der Waals surface area contributed by atoms with E-state index in [9.17, 15) is 8.42 Å². The standard InChI is InChI=1S/C9H8BrClO2S/c1-2-9(10)14(12,13)8-5-3-7(11)4-6-8/h2-6H,1H3/b9-2+. The normalized spacial score (nSPS) is 12.9. The highest BCUT2D eigenvalue weighted by Gasteiger charge is 2.16. The molecule has 0 N–H and O–H groups in total. The van der Waals surface area contributed by atoms with Crippen LogP contribution in [0.4, 0.5) is 0 Å². The van der Waals surface area contributed by atoms with Crippen molar-refractivity contribution in [2.24, 2.45) is 0 Å². The van der Waals surface area contributed by atoms with Crippen molar-refractivity contribution in [2.45, 2.75) is 11.8 Å². The minimum Gasteiger partial charge on any atom is -0.218 e. The Balaban J connectivity index is 3.25. The summed E-state index contributed by atoms with van der Waals surface area (Å²) in [6, 6.07) is 6.04. The molecule has 2 nitrogen and oxygen atoms in total. The predicted molar refractivity (Wildman–Crippen MR) is 61.3 cm³/mol. The van der Waals surface area contributed by atoms with E-state index < -0.39 is 9.84 Å². The Morgan fingerprint density at radius 1 is 1.36 bits per heavy atom. The van der Waals surface area contributed by atoms with Crippen LogP contribution in [-0.4, -0.2) is 8.42 Å². The van der Waals surface area contributed by atoms with E-state index in [4.69, 9.17) is 11.6 Å². The summed E-state index contributed by atoms with van der Waals surface area (Å²) in [4.78, 5) is 0.229. The summed E-state index contributed by atoms with van der Waals surface area (Å²) in [5, 5.41) is 0.514. The number of halogens is 2. The summed E-state index contributed by atoms with van der Waals surface area (Å²) in [5.74, 6) is 0. The first-order chi connectivity index (χ1) is 6.48. The molecule has 0 aliphatic carbocycles. The molecule has 0 heterocycles. The Bertz CT molecular complexity index is 448. The van der Waals surface area contributed by atoms with E-state index in [0.717, 1.165) is 0 Å². The van der Waals surface area contributed by atoms with Crippen LogP contribution >= 0.6 is 27.5 Å². The van der Waals surface area contributed by atoms with Gasteiger partial charge in [-0.25, -0.2) is 8.42 Å². The van der Waals surface area contributed by atoms with Gasteiger partial charge in [0.25, 0.3) is 0 Å². The number of hydrogen-bond acceptors (Lipinski definition) is 2. The second-order valence-electron chi connectivity index (χ2n) is 2.55. The van der Waals surface area contributed by atoms with Gasteiger partial charge in [0.1, 0.15) is 3.81 Å². The van der Waals surface area contributed by atoms with E-state index in [1.807, 2.05) is 0 Å². The summed E-state index contributed by atoms with van der Waals surface area (Å²) in [5.41, 5.74) is 0. The van der Waals surface area contributed by atoms with Gasteiger partial charge in [0.2, 0.25) is 9.84 Å². The van der Waals surface area contributed by atoms with Crippen LogP contribution in [0.15, 0.2) is 39.1 Å². The lowest BCUT2D eigenvalue weighted by Gasteiger charge is -2.02. The zero-order chi connectivity index (χ0) is 10.8. The summed E-state index contributed by atoms with van der Waals surface area (Å²) in [6.07, 6.45) is 1.49. The van der Waals surface area contributed by atoms with Crippen LogP contribution in [0.3, 0.4) is 0 Å². The Kier molecular flexibility index (Phi) is 3.75. The van der Waals surface area contributed by atoms with Crippen molar-refractivity contribution in [3.8, 4) is 0 Å². The molecule has 0 spiro atoms. The molecule has 0 amide bonds. The molecule has 0 atom stereocenters. The Morgan fingerprint density at radius 3 is 2.29 bits per heavy atom. The highest BCUT2D eigenvalue weighted by Crippen LogP contribution is 2.24. The third-order valence-corrected chi connectivity index (χ3v) is 5.24. The number of hydrogen-bond donors (Lipinski definition) is 0. The lowest BCUT2D eigenvalue weighted by Crippen LogP contribution is -1.99. The van der Waals surface area contributed by atoms with Gasteiger partial charge >= 0.3 is 0 Å². The van der Waals surface area contributed by atoms with Gasteiger partial charge in [0.15, 0.2) is 0 Å². The molecular formula is C9H8BrClO2S. The maximum Gasteiger partial charge on any atom is 0.212 e. The molecule has 0 saturated heterocycles. The highest BCUT2D eigenvalue weighted by molar-refractivity contribution is 9.13. The first-order valence-electron chi connectivity index (χ1n) is 3.81. The van der Waals surface area contributed by atoms with Gasteiger partial charge in [-0.2, -0.15) is 0 Å². The maximum atomic E-state index is 11.7. The SMILES string of the molecule is C/C=C(\Br)S(=O)(=O)c1ccc(Cl)cc1. The molecule has 1 aromatic carbocycles. The van der Waals surface area contributed by atoms with Crippen LogP contribution in [0.25, 0.3) is 0 Å². The molecule has 1 aromatic rings. The van der Waals surface area contributed by atoms with E-state index >= 15 is 0 Å². The van der Waals surface area contributed by atoms with Crippen molar-refractivity contribution in [3.63, 3.8) is 0 Å². The van der Waals surface area contributed by atoms with Crippen molar-refractivity contribution < 1.29 is 8.42 Å². The van der Waals surface area contributed by atoms with Crippen molar-refractivity contribution in [3.05, 3.63) is 39.2 Å². The van der Waals surface area contributed by atoms with Crippen LogP contribution in [0, 0.1) is 0 Å². The van der Waals surface area contributed by atoms with Crippen LogP contribution in [0.5, 0.6) is 0 Å². The van der Waals surface area contributed by atoms with Crippen LogP contribution in [-0.2, 0) is 9.84 Å². The molecule has 0 aliphatic heterocycles. The second kappa shape index (κ2) is 4.47. The first kappa shape index (κ1) is 11.8. The van der Waals surface area contributed by atoms with E-state index in [0.29, 0.717) is 5.02 Å². The summed E-state index contributed by atoms with van der Waals surface area (Å²) in [7, 11) is -3.39. The van der Waals surface area contributed by atoms with Gasteiger partial charge < -0.3 is 0 Å². The highest BCUT2D eigenvalue weighted by atomic mass is 79.9. The monoisotopic (exact) mass is 294 g/mol. The Labute approximate surface area is 96.6 Å². The second-order valence-corrected chi connectivity index (χ2v) is 6.28.